The van der Waals surface area contributed by atoms with E-state index in [-0.39, 0.29) is 0 Å². The first-order chi connectivity index (χ1) is 6.70. The number of anilines is 1. The maximum atomic E-state index is 5.67. The summed E-state index contributed by atoms with van der Waals surface area (Å²) in [6.45, 7) is 5.02. The van der Waals surface area contributed by atoms with E-state index >= 15 is 0 Å². The molecule has 1 saturated heterocycles. The van der Waals surface area contributed by atoms with E-state index < -0.39 is 0 Å². The number of aryl methyl sites for hydroxylation is 2. The smallest absolute Gasteiger partial charge is 0.126 e. The minimum absolute atomic E-state index is 0.658. The standard InChI is InChI=1S/C10H18N4/c1-8-5-10(13(2)12-8)14-4-3-9(6-11)7-14/h5,9H,3-4,6-7,11H2,1-2H3. The van der Waals surface area contributed by atoms with Crippen LogP contribution in [-0.4, -0.2) is 29.4 Å². The van der Waals surface area contributed by atoms with Crippen LogP contribution in [0.4, 0.5) is 5.82 Å². The molecule has 14 heavy (non-hydrogen) atoms. The van der Waals surface area contributed by atoms with Crippen LogP contribution in [0.5, 0.6) is 0 Å². The Morgan fingerprint density at radius 2 is 2.43 bits per heavy atom. The molecule has 1 atom stereocenters. The Bertz CT molecular complexity index is 318. The lowest BCUT2D eigenvalue weighted by atomic mass is 10.1. The Labute approximate surface area is 84.7 Å². The second kappa shape index (κ2) is 3.61. The normalized spacial score (nSPS) is 21.9. The molecule has 1 aromatic heterocycles. The molecule has 78 valence electrons. The second-order valence-electron chi connectivity index (χ2n) is 4.10. The maximum absolute atomic E-state index is 5.67. The van der Waals surface area contributed by atoms with Crippen LogP contribution in [0, 0.1) is 12.8 Å². The predicted molar refractivity (Wildman–Crippen MR) is 57.3 cm³/mol. The van der Waals surface area contributed by atoms with E-state index in [1.54, 1.807) is 0 Å². The van der Waals surface area contributed by atoms with Crippen LogP contribution in [0.3, 0.4) is 0 Å². The van der Waals surface area contributed by atoms with Gasteiger partial charge in [0.2, 0.25) is 0 Å². The van der Waals surface area contributed by atoms with Crippen LogP contribution in [-0.2, 0) is 7.05 Å². The summed E-state index contributed by atoms with van der Waals surface area (Å²) in [4.78, 5) is 2.37. The lowest BCUT2D eigenvalue weighted by molar-refractivity contribution is 0.600. The van der Waals surface area contributed by atoms with Crippen LogP contribution in [0.15, 0.2) is 6.07 Å². The molecule has 0 aromatic carbocycles. The van der Waals surface area contributed by atoms with E-state index in [4.69, 9.17) is 5.73 Å². The Kier molecular flexibility index (Phi) is 2.46. The predicted octanol–water partition coefficient (Wildman–Crippen LogP) is 0.514. The summed E-state index contributed by atoms with van der Waals surface area (Å²) >= 11 is 0. The van der Waals surface area contributed by atoms with E-state index in [9.17, 15) is 0 Å². The molecule has 1 aliphatic heterocycles. The van der Waals surface area contributed by atoms with E-state index in [0.29, 0.717) is 5.92 Å². The van der Waals surface area contributed by atoms with Gasteiger partial charge < -0.3 is 10.6 Å². The van der Waals surface area contributed by atoms with Crippen molar-refractivity contribution in [2.75, 3.05) is 24.5 Å². The maximum Gasteiger partial charge on any atom is 0.126 e. The third-order valence-corrected chi connectivity index (χ3v) is 2.92. The third-order valence-electron chi connectivity index (χ3n) is 2.92. The fourth-order valence-corrected chi connectivity index (χ4v) is 2.13. The molecular weight excluding hydrogens is 176 g/mol. The van der Waals surface area contributed by atoms with E-state index in [2.05, 4.69) is 16.1 Å². The van der Waals surface area contributed by atoms with Gasteiger partial charge in [0, 0.05) is 26.2 Å². The van der Waals surface area contributed by atoms with Crippen molar-refractivity contribution in [2.45, 2.75) is 13.3 Å². The topological polar surface area (TPSA) is 47.1 Å². The summed E-state index contributed by atoms with van der Waals surface area (Å²) in [5.74, 6) is 1.88. The van der Waals surface area contributed by atoms with Gasteiger partial charge in [0.15, 0.2) is 0 Å². The van der Waals surface area contributed by atoms with Gasteiger partial charge >= 0.3 is 0 Å². The summed E-state index contributed by atoms with van der Waals surface area (Å²) in [5, 5.41) is 4.35. The third kappa shape index (κ3) is 1.62. The lowest BCUT2D eigenvalue weighted by Crippen LogP contribution is -2.24. The van der Waals surface area contributed by atoms with Gasteiger partial charge in [0.1, 0.15) is 5.82 Å². The summed E-state index contributed by atoms with van der Waals surface area (Å²) in [6, 6.07) is 2.14. The number of nitrogens with zero attached hydrogens (tertiary/aromatic N) is 3. The molecule has 0 amide bonds. The van der Waals surface area contributed by atoms with Gasteiger partial charge in [-0.2, -0.15) is 5.10 Å². The molecule has 0 bridgehead atoms. The van der Waals surface area contributed by atoms with Crippen molar-refractivity contribution in [1.82, 2.24) is 9.78 Å². The van der Waals surface area contributed by atoms with Crippen molar-refractivity contribution in [3.8, 4) is 0 Å². The van der Waals surface area contributed by atoms with Crippen LogP contribution >= 0.6 is 0 Å². The first-order valence-electron chi connectivity index (χ1n) is 5.16. The molecule has 2 heterocycles. The fraction of sp³-hybridized carbons (Fsp3) is 0.700. The van der Waals surface area contributed by atoms with Gasteiger partial charge in [-0.1, -0.05) is 0 Å². The van der Waals surface area contributed by atoms with Crippen molar-refractivity contribution in [2.24, 2.45) is 18.7 Å². The van der Waals surface area contributed by atoms with E-state index in [1.807, 2.05) is 18.7 Å². The van der Waals surface area contributed by atoms with E-state index in [1.165, 1.54) is 12.2 Å². The van der Waals surface area contributed by atoms with Crippen molar-refractivity contribution in [3.63, 3.8) is 0 Å². The molecule has 4 nitrogen and oxygen atoms in total. The zero-order chi connectivity index (χ0) is 10.1. The molecular formula is C10H18N4. The highest BCUT2D eigenvalue weighted by atomic mass is 15.4. The monoisotopic (exact) mass is 194 g/mol. The molecule has 1 fully saturated rings. The Morgan fingerprint density at radius 1 is 1.64 bits per heavy atom. The van der Waals surface area contributed by atoms with Crippen molar-refractivity contribution >= 4 is 5.82 Å². The zero-order valence-electron chi connectivity index (χ0n) is 8.90. The second-order valence-corrected chi connectivity index (χ2v) is 4.10. The van der Waals surface area contributed by atoms with Crippen LogP contribution in [0.2, 0.25) is 0 Å². The summed E-state index contributed by atoms with van der Waals surface area (Å²) in [6.07, 6.45) is 1.21. The Balaban J connectivity index is 2.13. The van der Waals surface area contributed by atoms with Crippen LogP contribution < -0.4 is 10.6 Å². The molecule has 2 rings (SSSR count). The highest BCUT2D eigenvalue weighted by Crippen LogP contribution is 2.23. The van der Waals surface area contributed by atoms with Crippen molar-refractivity contribution < 1.29 is 0 Å². The minimum Gasteiger partial charge on any atom is -0.356 e. The van der Waals surface area contributed by atoms with Gasteiger partial charge in [-0.15, -0.1) is 0 Å². The largest absolute Gasteiger partial charge is 0.356 e. The molecule has 2 N–H and O–H groups in total. The molecule has 4 heteroatoms. The number of nitrogens with two attached hydrogens (primary N) is 1. The Hall–Kier alpha value is -1.03. The quantitative estimate of drug-likeness (QED) is 0.746. The summed E-state index contributed by atoms with van der Waals surface area (Å²) < 4.78 is 1.95. The summed E-state index contributed by atoms with van der Waals surface area (Å²) in [7, 11) is 2.00. The minimum atomic E-state index is 0.658. The van der Waals surface area contributed by atoms with Gasteiger partial charge in [-0.3, -0.25) is 4.68 Å². The zero-order valence-corrected chi connectivity index (χ0v) is 8.90. The van der Waals surface area contributed by atoms with Crippen LogP contribution in [0.1, 0.15) is 12.1 Å². The first kappa shape index (κ1) is 9.52. The molecule has 1 unspecified atom stereocenters. The highest BCUT2D eigenvalue weighted by molar-refractivity contribution is 5.41. The molecule has 0 aliphatic carbocycles. The molecule has 0 spiro atoms. The summed E-state index contributed by atoms with van der Waals surface area (Å²) in [5.41, 5.74) is 6.75. The van der Waals surface area contributed by atoms with Crippen molar-refractivity contribution in [1.29, 1.82) is 0 Å². The van der Waals surface area contributed by atoms with Gasteiger partial charge in [0.25, 0.3) is 0 Å². The number of hydrogen-bond donors (Lipinski definition) is 1. The molecule has 1 aromatic rings. The van der Waals surface area contributed by atoms with Crippen LogP contribution in [0.25, 0.3) is 0 Å². The Morgan fingerprint density at radius 3 is 2.93 bits per heavy atom. The molecule has 0 radical (unpaired) electrons. The van der Waals surface area contributed by atoms with Crippen molar-refractivity contribution in [3.05, 3.63) is 11.8 Å². The molecule has 1 aliphatic rings. The van der Waals surface area contributed by atoms with Gasteiger partial charge in [-0.05, 0) is 25.8 Å². The first-order valence-corrected chi connectivity index (χ1v) is 5.16. The number of rotatable bonds is 2. The van der Waals surface area contributed by atoms with E-state index in [0.717, 1.165) is 25.3 Å². The van der Waals surface area contributed by atoms with Gasteiger partial charge in [0.05, 0.1) is 5.69 Å². The average Bonchev–Trinajstić information content (AvgIpc) is 2.71. The average molecular weight is 194 g/mol. The fourth-order valence-electron chi connectivity index (χ4n) is 2.13. The molecule has 0 saturated carbocycles. The SMILES string of the molecule is Cc1cc(N2CCC(CN)C2)n(C)n1. The lowest BCUT2D eigenvalue weighted by Gasteiger charge is -2.17. The van der Waals surface area contributed by atoms with Gasteiger partial charge in [-0.25, -0.2) is 0 Å². The number of hydrogen-bond acceptors (Lipinski definition) is 3. The number of aromatic nitrogens is 2. The highest BCUT2D eigenvalue weighted by Gasteiger charge is 2.23.